The molecule has 4 heteroatoms. The zero-order valence-corrected chi connectivity index (χ0v) is 13.9. The fraction of sp³-hybridized carbons (Fsp3) is 0.579. The van der Waals surface area contributed by atoms with Crippen molar-refractivity contribution in [3.8, 4) is 11.5 Å². The van der Waals surface area contributed by atoms with Crippen molar-refractivity contribution in [3.63, 3.8) is 0 Å². The third-order valence-corrected chi connectivity index (χ3v) is 5.35. The predicted octanol–water partition coefficient (Wildman–Crippen LogP) is 2.86. The molecule has 0 bridgehead atoms. The van der Waals surface area contributed by atoms with Gasteiger partial charge in [-0.25, -0.2) is 0 Å². The van der Waals surface area contributed by atoms with E-state index in [4.69, 9.17) is 9.47 Å². The van der Waals surface area contributed by atoms with Crippen LogP contribution < -0.4 is 9.47 Å². The molecule has 0 amide bonds. The molecule has 1 aromatic carbocycles. The van der Waals surface area contributed by atoms with Crippen LogP contribution in [0, 0.1) is 5.41 Å². The number of ether oxygens (including phenoxy) is 2. The first kappa shape index (κ1) is 16.3. The van der Waals surface area contributed by atoms with Gasteiger partial charge in [-0.3, -0.25) is 0 Å². The van der Waals surface area contributed by atoms with E-state index in [9.17, 15) is 10.2 Å². The molecule has 126 valence electrons. The molecule has 0 radical (unpaired) electrons. The lowest BCUT2D eigenvalue weighted by atomic mass is 9.61. The molecule has 1 aromatic rings. The van der Waals surface area contributed by atoms with Crippen LogP contribution in [0.25, 0.3) is 0 Å². The van der Waals surface area contributed by atoms with Gasteiger partial charge in [-0.1, -0.05) is 18.1 Å². The Morgan fingerprint density at radius 2 is 1.78 bits per heavy atom. The van der Waals surface area contributed by atoms with E-state index >= 15 is 0 Å². The highest BCUT2D eigenvalue weighted by Gasteiger charge is 2.42. The summed E-state index contributed by atoms with van der Waals surface area (Å²) in [6.07, 6.45) is 6.37. The minimum atomic E-state index is -0.726. The zero-order chi connectivity index (χ0) is 16.4. The van der Waals surface area contributed by atoms with E-state index in [1.807, 2.05) is 24.3 Å². The Bertz CT molecular complexity index is 573. The lowest BCUT2D eigenvalue weighted by Crippen LogP contribution is -2.42. The smallest absolute Gasteiger partial charge is 0.122 e. The van der Waals surface area contributed by atoms with Gasteiger partial charge in [-0.2, -0.15) is 0 Å². The number of aliphatic hydroxyl groups is 2. The van der Waals surface area contributed by atoms with Crippen LogP contribution in [0.2, 0.25) is 0 Å². The number of methoxy groups -OCH3 is 2. The molecule has 0 spiro atoms. The van der Waals surface area contributed by atoms with Crippen LogP contribution in [0.5, 0.6) is 11.5 Å². The second-order valence-electron chi connectivity index (χ2n) is 6.84. The molecule has 1 saturated carbocycles. The van der Waals surface area contributed by atoms with E-state index in [0.717, 1.165) is 42.7 Å². The molecule has 2 aliphatic rings. The molecule has 2 aliphatic carbocycles. The van der Waals surface area contributed by atoms with Gasteiger partial charge in [0.25, 0.3) is 0 Å². The van der Waals surface area contributed by atoms with Crippen molar-refractivity contribution in [2.75, 3.05) is 14.2 Å². The van der Waals surface area contributed by atoms with E-state index in [-0.39, 0.29) is 5.41 Å². The molecule has 0 aromatic heterocycles. The average Bonchev–Trinajstić information content (AvgIpc) is 2.55. The van der Waals surface area contributed by atoms with Crippen LogP contribution in [0.15, 0.2) is 29.8 Å². The second kappa shape index (κ2) is 6.54. The molecule has 1 fully saturated rings. The number of rotatable bonds is 4. The lowest BCUT2D eigenvalue weighted by Gasteiger charge is -2.45. The van der Waals surface area contributed by atoms with Crippen molar-refractivity contribution in [1.82, 2.24) is 0 Å². The fourth-order valence-electron chi connectivity index (χ4n) is 4.17. The fourth-order valence-corrected chi connectivity index (χ4v) is 4.17. The van der Waals surface area contributed by atoms with Crippen LogP contribution >= 0.6 is 0 Å². The Labute approximate surface area is 137 Å². The summed E-state index contributed by atoms with van der Waals surface area (Å²) < 4.78 is 10.7. The van der Waals surface area contributed by atoms with Gasteiger partial charge >= 0.3 is 0 Å². The van der Waals surface area contributed by atoms with Crippen molar-refractivity contribution in [2.45, 2.75) is 50.7 Å². The summed E-state index contributed by atoms with van der Waals surface area (Å²) in [6, 6.07) is 5.96. The average molecular weight is 318 g/mol. The van der Waals surface area contributed by atoms with Gasteiger partial charge in [0.15, 0.2) is 0 Å². The Morgan fingerprint density at radius 3 is 2.43 bits per heavy atom. The van der Waals surface area contributed by atoms with Gasteiger partial charge < -0.3 is 19.7 Å². The van der Waals surface area contributed by atoms with Crippen LogP contribution in [0.4, 0.5) is 0 Å². The molecule has 0 saturated heterocycles. The topological polar surface area (TPSA) is 58.9 Å². The Morgan fingerprint density at radius 1 is 1.09 bits per heavy atom. The molecule has 0 aliphatic heterocycles. The molecule has 3 rings (SSSR count). The first-order valence-corrected chi connectivity index (χ1v) is 8.35. The molecule has 0 heterocycles. The van der Waals surface area contributed by atoms with E-state index in [0.29, 0.717) is 6.42 Å². The molecule has 2 N–H and O–H groups in total. The summed E-state index contributed by atoms with van der Waals surface area (Å²) in [5.74, 6) is 1.57. The number of allylic oxidation sites excluding steroid dienone is 1. The van der Waals surface area contributed by atoms with Crippen molar-refractivity contribution < 1.29 is 19.7 Å². The largest absolute Gasteiger partial charge is 0.497 e. The third-order valence-electron chi connectivity index (χ3n) is 5.35. The highest BCUT2D eigenvalue weighted by molar-refractivity contribution is 5.40. The quantitative estimate of drug-likeness (QED) is 0.838. The maximum atomic E-state index is 10.2. The van der Waals surface area contributed by atoms with Gasteiger partial charge in [0.2, 0.25) is 0 Å². The van der Waals surface area contributed by atoms with Crippen LogP contribution in [-0.2, 0) is 6.42 Å². The van der Waals surface area contributed by atoms with Crippen LogP contribution in [0.1, 0.15) is 37.7 Å². The summed E-state index contributed by atoms with van der Waals surface area (Å²) in [7, 11) is 3.31. The molecular formula is C19H26O4. The molecule has 4 nitrogen and oxygen atoms in total. The van der Waals surface area contributed by atoms with E-state index in [2.05, 4.69) is 0 Å². The summed E-state index contributed by atoms with van der Waals surface area (Å²) in [6.45, 7) is 0. The lowest BCUT2D eigenvalue weighted by molar-refractivity contribution is -0.000947. The van der Waals surface area contributed by atoms with Crippen molar-refractivity contribution in [1.29, 1.82) is 0 Å². The monoisotopic (exact) mass is 318 g/mol. The molecule has 23 heavy (non-hydrogen) atoms. The second-order valence-corrected chi connectivity index (χ2v) is 6.84. The van der Waals surface area contributed by atoms with Gasteiger partial charge in [-0.15, -0.1) is 0 Å². The van der Waals surface area contributed by atoms with Crippen molar-refractivity contribution in [3.05, 3.63) is 35.4 Å². The van der Waals surface area contributed by atoms with Gasteiger partial charge in [0.1, 0.15) is 11.5 Å². The first-order valence-electron chi connectivity index (χ1n) is 8.35. The highest BCUT2D eigenvalue weighted by atomic mass is 16.5. The highest BCUT2D eigenvalue weighted by Crippen LogP contribution is 2.50. The Balaban J connectivity index is 1.94. The molecule has 3 unspecified atom stereocenters. The molecular weight excluding hydrogens is 292 g/mol. The molecule has 3 atom stereocenters. The summed E-state index contributed by atoms with van der Waals surface area (Å²) in [5.41, 5.74) is 2.41. The van der Waals surface area contributed by atoms with Crippen molar-refractivity contribution >= 4 is 0 Å². The first-order chi connectivity index (χ1) is 11.1. The van der Waals surface area contributed by atoms with E-state index in [1.54, 1.807) is 14.2 Å². The number of benzene rings is 1. The van der Waals surface area contributed by atoms with Gasteiger partial charge in [-0.05, 0) is 55.2 Å². The minimum Gasteiger partial charge on any atom is -0.497 e. The normalized spacial score (nSPS) is 30.3. The number of fused-ring (bicyclic) bond motifs is 1. The van der Waals surface area contributed by atoms with E-state index < -0.39 is 12.2 Å². The third kappa shape index (κ3) is 3.24. The summed E-state index contributed by atoms with van der Waals surface area (Å²) >= 11 is 0. The summed E-state index contributed by atoms with van der Waals surface area (Å²) in [5, 5.41) is 20.2. The van der Waals surface area contributed by atoms with Crippen LogP contribution in [-0.4, -0.2) is 36.6 Å². The Kier molecular flexibility index (Phi) is 4.64. The standard InChI is InChI=1S/C19H26O4/c1-22-15-7-13(8-16(10-15)23-2)11-19-6-4-3-5-14(19)9-17(20)18(21)12-19/h7-10,17-18,20-21H,3-6,11-12H2,1-2H3. The maximum absolute atomic E-state index is 10.2. The van der Waals surface area contributed by atoms with Crippen molar-refractivity contribution in [2.24, 2.45) is 5.41 Å². The zero-order valence-electron chi connectivity index (χ0n) is 13.9. The number of aliphatic hydroxyl groups excluding tert-OH is 2. The maximum Gasteiger partial charge on any atom is 0.122 e. The number of hydrogen-bond donors (Lipinski definition) is 2. The Hall–Kier alpha value is -1.52. The minimum absolute atomic E-state index is 0.0473. The SMILES string of the molecule is COc1cc(CC23CCCCC2=CC(O)C(O)C3)cc(OC)c1. The van der Waals surface area contributed by atoms with Gasteiger partial charge in [0.05, 0.1) is 26.4 Å². The van der Waals surface area contributed by atoms with Gasteiger partial charge in [0, 0.05) is 6.07 Å². The van der Waals surface area contributed by atoms with Crippen LogP contribution in [0.3, 0.4) is 0 Å². The van der Waals surface area contributed by atoms with E-state index in [1.165, 1.54) is 12.0 Å². The summed E-state index contributed by atoms with van der Waals surface area (Å²) in [4.78, 5) is 0. The predicted molar refractivity (Wildman–Crippen MR) is 88.9 cm³/mol. The number of hydrogen-bond acceptors (Lipinski definition) is 4.